The van der Waals surface area contributed by atoms with E-state index in [9.17, 15) is 14.7 Å². The second-order valence-corrected chi connectivity index (χ2v) is 9.77. The molecule has 7 heteroatoms. The first kappa shape index (κ1) is 23.7. The van der Waals surface area contributed by atoms with Gasteiger partial charge in [0.05, 0.1) is 23.9 Å². The first-order valence-corrected chi connectivity index (χ1v) is 12.1. The molecule has 0 spiro atoms. The van der Waals surface area contributed by atoms with Gasteiger partial charge < -0.3 is 9.84 Å². The summed E-state index contributed by atoms with van der Waals surface area (Å²) < 4.78 is 5.48. The number of nitrogens with zero attached hydrogens (tertiary/aromatic N) is 2. The van der Waals surface area contributed by atoms with Gasteiger partial charge in [0, 0.05) is 10.4 Å². The Morgan fingerprint density at radius 3 is 2.26 bits per heavy atom. The third-order valence-corrected chi connectivity index (χ3v) is 7.10. The van der Waals surface area contributed by atoms with Gasteiger partial charge in [0.1, 0.15) is 11.5 Å². The Labute approximate surface area is 203 Å². The fourth-order valence-corrected chi connectivity index (χ4v) is 4.93. The number of hydrogen-bond donors (Lipinski definition) is 1. The van der Waals surface area contributed by atoms with Crippen molar-refractivity contribution in [2.75, 3.05) is 11.5 Å². The Hall–Kier alpha value is -3.45. The van der Waals surface area contributed by atoms with Gasteiger partial charge >= 0.3 is 5.91 Å². The zero-order valence-corrected chi connectivity index (χ0v) is 20.8. The number of anilines is 1. The minimum atomic E-state index is -0.780. The van der Waals surface area contributed by atoms with Crippen LogP contribution >= 0.6 is 11.3 Å². The second kappa shape index (κ2) is 9.43. The molecule has 0 aliphatic carbocycles. The fourth-order valence-electron chi connectivity index (χ4n) is 4.00. The maximum atomic E-state index is 13.3. The molecule has 1 saturated heterocycles. The molecule has 1 aliphatic heterocycles. The average molecular weight is 477 g/mol. The van der Waals surface area contributed by atoms with Crippen LogP contribution in [-0.2, 0) is 9.59 Å². The van der Waals surface area contributed by atoms with Crippen LogP contribution in [0, 0.1) is 13.8 Å². The van der Waals surface area contributed by atoms with Crippen molar-refractivity contribution in [1.29, 1.82) is 0 Å². The van der Waals surface area contributed by atoms with Crippen LogP contribution in [0.1, 0.15) is 60.0 Å². The molecule has 4 rings (SSSR count). The molecule has 0 unspecified atom stereocenters. The van der Waals surface area contributed by atoms with E-state index in [1.165, 1.54) is 16.2 Å². The van der Waals surface area contributed by atoms with E-state index in [1.54, 1.807) is 24.3 Å². The summed E-state index contributed by atoms with van der Waals surface area (Å²) in [6, 6.07) is 13.9. The lowest BCUT2D eigenvalue weighted by molar-refractivity contribution is -0.132. The van der Waals surface area contributed by atoms with Crippen molar-refractivity contribution in [3.63, 3.8) is 0 Å². The van der Waals surface area contributed by atoms with Gasteiger partial charge in [0.15, 0.2) is 5.13 Å². The number of Topliss-reactive ketones (excluding diaryl/α,β-unsaturated/α-hetero) is 1. The monoisotopic (exact) mass is 476 g/mol. The molecule has 176 valence electrons. The van der Waals surface area contributed by atoms with Crippen molar-refractivity contribution in [3.05, 3.63) is 81.4 Å². The van der Waals surface area contributed by atoms with Crippen LogP contribution in [-0.4, -0.2) is 28.4 Å². The minimum absolute atomic E-state index is 0.0527. The van der Waals surface area contributed by atoms with Crippen LogP contribution in [0.2, 0.25) is 0 Å². The Morgan fingerprint density at radius 2 is 1.74 bits per heavy atom. The Balaban J connectivity index is 1.88. The third kappa shape index (κ3) is 4.23. The van der Waals surface area contributed by atoms with Gasteiger partial charge in [-0.15, -0.1) is 11.3 Å². The molecule has 1 aliphatic rings. The molecule has 3 aromatic rings. The number of thiazole rings is 1. The van der Waals surface area contributed by atoms with E-state index in [1.807, 2.05) is 45.0 Å². The molecule has 0 saturated carbocycles. The second-order valence-electron chi connectivity index (χ2n) is 8.59. The van der Waals surface area contributed by atoms with Gasteiger partial charge in [-0.3, -0.25) is 14.5 Å². The van der Waals surface area contributed by atoms with Gasteiger partial charge in [-0.25, -0.2) is 4.98 Å². The molecule has 6 nitrogen and oxygen atoms in total. The van der Waals surface area contributed by atoms with Crippen molar-refractivity contribution in [3.8, 4) is 5.75 Å². The zero-order chi connectivity index (χ0) is 24.6. The molecule has 1 N–H and O–H groups in total. The maximum absolute atomic E-state index is 13.3. The molecule has 1 atom stereocenters. The topological polar surface area (TPSA) is 79.7 Å². The quantitative estimate of drug-likeness (QED) is 0.272. The highest BCUT2D eigenvalue weighted by molar-refractivity contribution is 7.16. The molecular weight excluding hydrogens is 448 g/mol. The number of ether oxygens (including phenoxy) is 1. The van der Waals surface area contributed by atoms with Gasteiger partial charge in [0.2, 0.25) is 0 Å². The largest absolute Gasteiger partial charge is 0.507 e. The average Bonchev–Trinajstić information content (AvgIpc) is 3.29. The number of carbonyl (C=O) groups is 2. The number of rotatable bonds is 6. The van der Waals surface area contributed by atoms with E-state index in [0.29, 0.717) is 29.0 Å². The summed E-state index contributed by atoms with van der Waals surface area (Å²) in [7, 11) is 0. The summed E-state index contributed by atoms with van der Waals surface area (Å²) >= 11 is 1.36. The lowest BCUT2D eigenvalue weighted by Crippen LogP contribution is -2.29. The highest BCUT2D eigenvalue weighted by atomic mass is 32.1. The standard InChI is InChI=1S/C27H28N2O4S/c1-6-33-21-13-11-20(12-14-21)24(30)22-23(19-9-7-18(8-10-19)15(2)3)29(26(32)25(22)31)27-28-16(4)17(5)34-27/h7-15,23,30H,6H2,1-5H3/b24-22+/t23-/m1/s1. The smallest absolute Gasteiger partial charge is 0.301 e. The third-order valence-electron chi connectivity index (χ3n) is 6.03. The highest BCUT2D eigenvalue weighted by Crippen LogP contribution is 2.44. The first-order valence-electron chi connectivity index (χ1n) is 11.3. The molecular formula is C27H28N2O4S. The van der Waals surface area contributed by atoms with Crippen molar-refractivity contribution in [2.45, 2.75) is 46.6 Å². The van der Waals surface area contributed by atoms with Crippen molar-refractivity contribution >= 4 is 33.9 Å². The lowest BCUT2D eigenvalue weighted by Gasteiger charge is -2.23. The van der Waals surface area contributed by atoms with Crippen molar-refractivity contribution < 1.29 is 19.4 Å². The van der Waals surface area contributed by atoms with Crippen LogP contribution < -0.4 is 9.64 Å². The number of aryl methyl sites for hydroxylation is 2. The molecule has 2 heterocycles. The molecule has 0 bridgehead atoms. The van der Waals surface area contributed by atoms with Gasteiger partial charge in [-0.1, -0.05) is 38.1 Å². The number of aliphatic hydroxyl groups is 1. The molecule has 1 aromatic heterocycles. The minimum Gasteiger partial charge on any atom is -0.507 e. The number of ketones is 1. The van der Waals surface area contributed by atoms with Crippen LogP contribution in [0.25, 0.3) is 5.76 Å². The van der Waals surface area contributed by atoms with Crippen LogP contribution in [0.3, 0.4) is 0 Å². The van der Waals surface area contributed by atoms with Crippen LogP contribution in [0.15, 0.2) is 54.1 Å². The molecule has 0 radical (unpaired) electrons. The first-order chi connectivity index (χ1) is 16.2. The summed E-state index contributed by atoms with van der Waals surface area (Å²) in [6.07, 6.45) is 0. The highest BCUT2D eigenvalue weighted by Gasteiger charge is 2.48. The summed E-state index contributed by atoms with van der Waals surface area (Å²) in [5.74, 6) is -0.636. The van der Waals surface area contributed by atoms with E-state index < -0.39 is 17.7 Å². The van der Waals surface area contributed by atoms with E-state index in [4.69, 9.17) is 4.74 Å². The van der Waals surface area contributed by atoms with Crippen molar-refractivity contribution in [2.24, 2.45) is 0 Å². The van der Waals surface area contributed by atoms with E-state index >= 15 is 0 Å². The normalized spacial score (nSPS) is 17.6. The number of benzene rings is 2. The predicted octanol–water partition coefficient (Wildman–Crippen LogP) is 5.91. The van der Waals surface area contributed by atoms with Crippen molar-refractivity contribution in [1.82, 2.24) is 4.98 Å². The van der Waals surface area contributed by atoms with Gasteiger partial charge in [-0.05, 0) is 62.1 Å². The molecule has 1 amide bonds. The number of aromatic nitrogens is 1. The van der Waals surface area contributed by atoms with Crippen LogP contribution in [0.4, 0.5) is 5.13 Å². The van der Waals surface area contributed by atoms with Crippen LogP contribution in [0.5, 0.6) is 5.75 Å². The summed E-state index contributed by atoms with van der Waals surface area (Å²) in [4.78, 5) is 33.4. The van der Waals surface area contributed by atoms with Gasteiger partial charge in [-0.2, -0.15) is 0 Å². The Bertz CT molecular complexity index is 1240. The van der Waals surface area contributed by atoms with E-state index in [2.05, 4.69) is 18.8 Å². The number of carbonyl (C=O) groups excluding carboxylic acids is 2. The summed E-state index contributed by atoms with van der Waals surface area (Å²) in [5, 5.41) is 11.7. The number of hydrogen-bond acceptors (Lipinski definition) is 6. The summed E-state index contributed by atoms with van der Waals surface area (Å²) in [6.45, 7) is 10.4. The van der Waals surface area contributed by atoms with E-state index in [-0.39, 0.29) is 11.3 Å². The SMILES string of the molecule is CCOc1ccc(/C(O)=C2\C(=O)C(=O)N(c3nc(C)c(C)s3)[C@@H]2c2ccc(C(C)C)cc2)cc1. The Morgan fingerprint density at radius 1 is 1.09 bits per heavy atom. The summed E-state index contributed by atoms with van der Waals surface area (Å²) in [5.41, 5.74) is 3.19. The molecule has 34 heavy (non-hydrogen) atoms. The number of aliphatic hydroxyl groups excluding tert-OH is 1. The molecule has 1 fully saturated rings. The van der Waals surface area contributed by atoms with E-state index in [0.717, 1.165) is 21.7 Å². The maximum Gasteiger partial charge on any atom is 0.301 e. The lowest BCUT2D eigenvalue weighted by atomic mass is 9.93. The fraction of sp³-hybridized carbons (Fsp3) is 0.296. The molecule has 2 aromatic carbocycles. The Kier molecular flexibility index (Phi) is 6.57. The predicted molar refractivity (Wildman–Crippen MR) is 135 cm³/mol. The van der Waals surface area contributed by atoms with Gasteiger partial charge in [0.25, 0.3) is 5.78 Å². The zero-order valence-electron chi connectivity index (χ0n) is 20.0. The number of amides is 1.